The van der Waals surface area contributed by atoms with Crippen molar-refractivity contribution in [1.82, 2.24) is 9.97 Å². The van der Waals surface area contributed by atoms with Gasteiger partial charge in [-0.1, -0.05) is 175 Å². The van der Waals surface area contributed by atoms with Crippen LogP contribution in [0.2, 0.25) is 0 Å². The van der Waals surface area contributed by atoms with Gasteiger partial charge in [-0.15, -0.1) is 23.8 Å². The van der Waals surface area contributed by atoms with Crippen molar-refractivity contribution in [2.45, 2.75) is 85.9 Å². The molecule has 0 radical (unpaired) electrons. The Labute approximate surface area is 395 Å². The maximum atomic E-state index is 12.0. The Bertz CT molecular complexity index is 3050. The van der Waals surface area contributed by atoms with E-state index in [1.165, 1.54) is 22.3 Å². The largest absolute Gasteiger partial charge is 0.507 e. The van der Waals surface area contributed by atoms with Gasteiger partial charge in [0.2, 0.25) is 0 Å². The molecule has 1 N–H and O–H groups in total. The van der Waals surface area contributed by atoms with Crippen molar-refractivity contribution in [3.63, 3.8) is 0 Å². The van der Waals surface area contributed by atoms with Gasteiger partial charge in [-0.2, -0.15) is 0 Å². The van der Waals surface area contributed by atoms with Crippen LogP contribution in [0.5, 0.6) is 5.75 Å². The molecule has 0 aliphatic rings. The summed E-state index contributed by atoms with van der Waals surface area (Å²) in [5.74, 6) is -4.23. The fourth-order valence-corrected chi connectivity index (χ4v) is 8.32. The average Bonchev–Trinajstić information content (AvgIpc) is 3.28. The van der Waals surface area contributed by atoms with Gasteiger partial charge in [0.25, 0.3) is 0 Å². The van der Waals surface area contributed by atoms with E-state index in [4.69, 9.17) is 12.7 Å². The van der Waals surface area contributed by atoms with E-state index in [1.807, 2.05) is 124 Å². The van der Waals surface area contributed by atoms with Crippen LogP contribution >= 0.6 is 0 Å². The number of phenolic OH excluding ortho intramolecular Hbond substituents is 1. The average molecular weight is 1010 g/mol. The Balaban J connectivity index is 0.00000666. The molecule has 0 saturated carbocycles. The second-order valence-electron chi connectivity index (χ2n) is 17.1. The van der Waals surface area contributed by atoms with E-state index in [2.05, 4.69) is 62.4 Å². The van der Waals surface area contributed by atoms with Crippen molar-refractivity contribution in [1.29, 1.82) is 0 Å². The molecule has 0 saturated heterocycles. The molecule has 3 nitrogen and oxygen atoms in total. The number of hydrogen-bond acceptors (Lipinski definition) is 3. The van der Waals surface area contributed by atoms with Crippen LogP contribution in [-0.4, -0.2) is 15.1 Å². The number of aromatic hydroxyl groups is 1. The van der Waals surface area contributed by atoms with Crippen molar-refractivity contribution >= 4 is 0 Å². The third-order valence-electron chi connectivity index (χ3n) is 11.9. The molecule has 0 fully saturated rings. The van der Waals surface area contributed by atoms with Gasteiger partial charge in [-0.05, 0) is 116 Å². The molecule has 0 aliphatic carbocycles. The summed E-state index contributed by atoms with van der Waals surface area (Å²) in [6.07, 6.45) is 1.82. The number of pyridine rings is 2. The fourth-order valence-electron chi connectivity index (χ4n) is 8.32. The SMILES string of the molecule is [2H]C(C)(C)c1cc(-c2cc(-c3cc(C)c(-c4ccccc4)c(C)c3)ccn2)[c-]c(-c2cc(-c3ccc(C([2H])(C)c4ccccc4)cc3)cc(-c3cc(C([2H])(C)C)cc(C([2H])(C)C)c3O)n2)c1.[Pt]. The Kier molecular flexibility index (Phi) is 12.2. The first-order valence-electron chi connectivity index (χ1n) is 23.4. The van der Waals surface area contributed by atoms with Gasteiger partial charge in [-0.3, -0.25) is 9.97 Å². The molecule has 6 aromatic carbocycles. The topological polar surface area (TPSA) is 46.0 Å². The van der Waals surface area contributed by atoms with Gasteiger partial charge in [0, 0.05) is 55.6 Å². The molecule has 2 heterocycles. The van der Waals surface area contributed by atoms with E-state index >= 15 is 0 Å². The second-order valence-corrected chi connectivity index (χ2v) is 17.1. The maximum Gasteiger partial charge on any atom is 0.128 e. The minimum absolute atomic E-state index is 0. The molecule has 1 unspecified atom stereocenters. The number of benzene rings is 6. The van der Waals surface area contributed by atoms with Crippen LogP contribution in [-0.2, 0) is 21.1 Å². The van der Waals surface area contributed by atoms with Crippen LogP contribution < -0.4 is 0 Å². The molecule has 1 atom stereocenters. The van der Waals surface area contributed by atoms with Crippen LogP contribution in [0.25, 0.3) is 67.2 Å². The summed E-state index contributed by atoms with van der Waals surface area (Å²) in [6.45, 7) is 17.0. The van der Waals surface area contributed by atoms with Crippen molar-refractivity contribution in [3.8, 4) is 72.9 Å². The van der Waals surface area contributed by atoms with Gasteiger partial charge in [-0.25, -0.2) is 0 Å². The third-order valence-corrected chi connectivity index (χ3v) is 11.9. The zero-order valence-corrected chi connectivity index (χ0v) is 39.9. The first-order valence-corrected chi connectivity index (χ1v) is 21.4. The summed E-state index contributed by atoms with van der Waals surface area (Å²) in [6, 6.07) is 51.9. The quantitative estimate of drug-likeness (QED) is 0.131. The van der Waals surface area contributed by atoms with E-state index in [1.54, 1.807) is 33.8 Å². The molecular formula is C59H57N2OPt-. The van der Waals surface area contributed by atoms with E-state index in [9.17, 15) is 7.85 Å². The van der Waals surface area contributed by atoms with E-state index in [0.29, 0.717) is 44.9 Å². The van der Waals surface area contributed by atoms with Gasteiger partial charge in [0.05, 0.1) is 5.69 Å². The summed E-state index contributed by atoms with van der Waals surface area (Å²) in [4.78, 5) is 10.1. The summed E-state index contributed by atoms with van der Waals surface area (Å²) in [7, 11) is 0. The minimum Gasteiger partial charge on any atom is -0.507 e. The monoisotopic (exact) mass is 1010 g/mol. The van der Waals surface area contributed by atoms with Crippen molar-refractivity contribution in [2.24, 2.45) is 0 Å². The number of nitrogens with zero attached hydrogens (tertiary/aromatic N) is 2. The Morgan fingerprint density at radius 2 is 1.03 bits per heavy atom. The first kappa shape index (κ1) is 39.9. The standard InChI is InChI=1S/C59H57N2O.Pt/c1-36(2)47-28-51(55-33-46(24-25-60-55)49-26-39(7)58(40(8)27-49)45-18-14-11-15-19-45)30-52(29-47)56-34-50(44-22-20-43(21-23-44)41(9)42-16-12-10-13-17-42)35-57(61-56)54-32-48(37(3)4)31-53(38(5)6)59(54)62;/h10-29,31-38,41,62H,1-9H3;/q-1;/i36D,37D,38D,41D;. The number of aromatic nitrogens is 2. The predicted molar refractivity (Wildman–Crippen MR) is 261 cm³/mol. The van der Waals surface area contributed by atoms with Crippen molar-refractivity contribution < 1.29 is 31.7 Å². The van der Waals surface area contributed by atoms with E-state index < -0.39 is 23.6 Å². The van der Waals surface area contributed by atoms with Crippen LogP contribution in [0, 0.1) is 19.9 Å². The van der Waals surface area contributed by atoms with E-state index in [0.717, 1.165) is 38.9 Å². The normalized spacial score (nSPS) is 13.8. The summed E-state index contributed by atoms with van der Waals surface area (Å²) < 4.78 is 36.6. The van der Waals surface area contributed by atoms with Crippen molar-refractivity contribution in [3.05, 3.63) is 197 Å². The maximum absolute atomic E-state index is 12.0. The molecule has 0 amide bonds. The molecule has 0 spiro atoms. The van der Waals surface area contributed by atoms with Gasteiger partial charge in [0.1, 0.15) is 5.75 Å². The molecular weight excluding hydrogens is 948 g/mol. The number of aryl methyl sites for hydroxylation is 2. The van der Waals surface area contributed by atoms with Crippen LogP contribution in [0.15, 0.2) is 152 Å². The zero-order chi connectivity index (χ0) is 47.3. The molecule has 8 aromatic rings. The molecule has 8 rings (SSSR count). The molecule has 4 heteroatoms. The number of rotatable bonds is 11. The molecule has 2 aromatic heterocycles. The number of hydrogen-bond donors (Lipinski definition) is 1. The summed E-state index contributed by atoms with van der Waals surface area (Å²) in [5, 5.41) is 12.0. The van der Waals surface area contributed by atoms with E-state index in [-0.39, 0.29) is 26.8 Å². The zero-order valence-electron chi connectivity index (χ0n) is 41.6. The summed E-state index contributed by atoms with van der Waals surface area (Å²) in [5.41, 5.74) is 15.6. The molecule has 0 aliphatic heterocycles. The first-order chi connectivity index (χ1) is 31.1. The van der Waals surface area contributed by atoms with Gasteiger partial charge in [0.15, 0.2) is 0 Å². The third kappa shape index (κ3) is 9.70. The number of phenols is 1. The van der Waals surface area contributed by atoms with Gasteiger partial charge < -0.3 is 5.11 Å². The fraction of sp³-hybridized carbons (Fsp3) is 0.220. The molecule has 63 heavy (non-hydrogen) atoms. The predicted octanol–water partition coefficient (Wildman–Crippen LogP) is 16.1. The minimum atomic E-state index is -1.17. The van der Waals surface area contributed by atoms with Crippen LogP contribution in [0.1, 0.15) is 116 Å². The van der Waals surface area contributed by atoms with Crippen molar-refractivity contribution in [2.75, 3.05) is 0 Å². The second kappa shape index (κ2) is 19.2. The molecule has 0 bridgehead atoms. The van der Waals surface area contributed by atoms with Crippen LogP contribution in [0.4, 0.5) is 0 Å². The van der Waals surface area contributed by atoms with Crippen LogP contribution in [0.3, 0.4) is 0 Å². The Hall–Kier alpha value is -5.89. The Morgan fingerprint density at radius 3 is 1.65 bits per heavy atom. The van der Waals surface area contributed by atoms with Gasteiger partial charge >= 0.3 is 0 Å². The molecule has 320 valence electrons. The smallest absolute Gasteiger partial charge is 0.128 e. The summed E-state index contributed by atoms with van der Waals surface area (Å²) >= 11 is 0. The Morgan fingerprint density at radius 1 is 0.492 bits per heavy atom.